The number of nitrogens with zero attached hydrogens (tertiary/aromatic N) is 2. The van der Waals surface area contributed by atoms with Crippen molar-refractivity contribution in [2.24, 2.45) is 7.05 Å². The molecule has 1 saturated heterocycles. The first-order valence-electron chi connectivity index (χ1n) is 5.57. The highest BCUT2D eigenvalue weighted by Gasteiger charge is 2.21. The van der Waals surface area contributed by atoms with Gasteiger partial charge in [0, 0.05) is 32.4 Å². The standard InChI is InChI=1S/C11H19N3O/c1-9(11-4-3-5-15-11)13-7-10-6-12-8-14(10)2/h6,8-9,11,13H,3-5,7H2,1-2H3. The van der Waals surface area contributed by atoms with Crippen LogP contribution in [0.4, 0.5) is 0 Å². The molecule has 1 fully saturated rings. The molecule has 84 valence electrons. The SMILES string of the molecule is CC(NCc1cncn1C)C1CCCO1. The summed E-state index contributed by atoms with van der Waals surface area (Å²) < 4.78 is 7.67. The fraction of sp³-hybridized carbons (Fsp3) is 0.727. The third-order valence-corrected chi connectivity index (χ3v) is 3.04. The summed E-state index contributed by atoms with van der Waals surface area (Å²) in [6.45, 7) is 3.96. The van der Waals surface area contributed by atoms with Crippen molar-refractivity contribution in [1.29, 1.82) is 0 Å². The predicted molar refractivity (Wildman–Crippen MR) is 58.5 cm³/mol. The van der Waals surface area contributed by atoms with Gasteiger partial charge in [0.2, 0.25) is 0 Å². The van der Waals surface area contributed by atoms with Crippen molar-refractivity contribution in [2.45, 2.75) is 38.5 Å². The Morgan fingerprint density at radius 3 is 3.20 bits per heavy atom. The molecule has 1 N–H and O–H groups in total. The van der Waals surface area contributed by atoms with E-state index in [1.54, 1.807) is 0 Å². The predicted octanol–water partition coefficient (Wildman–Crippen LogP) is 1.08. The Hall–Kier alpha value is -0.870. The van der Waals surface area contributed by atoms with Gasteiger partial charge < -0.3 is 14.6 Å². The van der Waals surface area contributed by atoms with Crippen LogP contribution in [0.15, 0.2) is 12.5 Å². The Balaban J connectivity index is 1.80. The van der Waals surface area contributed by atoms with Gasteiger partial charge in [0.1, 0.15) is 0 Å². The molecule has 0 aromatic carbocycles. The van der Waals surface area contributed by atoms with E-state index in [1.807, 2.05) is 24.1 Å². The summed E-state index contributed by atoms with van der Waals surface area (Å²) >= 11 is 0. The summed E-state index contributed by atoms with van der Waals surface area (Å²) in [5.74, 6) is 0. The van der Waals surface area contributed by atoms with E-state index in [9.17, 15) is 0 Å². The summed E-state index contributed by atoms with van der Waals surface area (Å²) in [6.07, 6.45) is 6.49. The van der Waals surface area contributed by atoms with Crippen molar-refractivity contribution < 1.29 is 4.74 Å². The van der Waals surface area contributed by atoms with E-state index in [2.05, 4.69) is 17.2 Å². The molecule has 1 aliphatic heterocycles. The molecule has 4 heteroatoms. The Morgan fingerprint density at radius 1 is 1.73 bits per heavy atom. The quantitative estimate of drug-likeness (QED) is 0.806. The van der Waals surface area contributed by atoms with Gasteiger partial charge in [-0.25, -0.2) is 4.98 Å². The second-order valence-electron chi connectivity index (χ2n) is 4.22. The van der Waals surface area contributed by atoms with Gasteiger partial charge in [0.25, 0.3) is 0 Å². The lowest BCUT2D eigenvalue weighted by molar-refractivity contribution is 0.0830. The number of rotatable bonds is 4. The summed E-state index contributed by atoms with van der Waals surface area (Å²) in [4.78, 5) is 4.09. The van der Waals surface area contributed by atoms with Gasteiger partial charge in [-0.05, 0) is 19.8 Å². The zero-order chi connectivity index (χ0) is 10.7. The molecule has 0 saturated carbocycles. The van der Waals surface area contributed by atoms with Crippen LogP contribution in [-0.4, -0.2) is 28.3 Å². The zero-order valence-corrected chi connectivity index (χ0v) is 9.44. The van der Waals surface area contributed by atoms with Crippen molar-refractivity contribution >= 4 is 0 Å². The normalized spacial score (nSPS) is 23.2. The van der Waals surface area contributed by atoms with Crippen molar-refractivity contribution in [3.63, 3.8) is 0 Å². The average Bonchev–Trinajstić information content (AvgIpc) is 2.85. The van der Waals surface area contributed by atoms with Crippen LogP contribution < -0.4 is 5.32 Å². The molecule has 0 aliphatic carbocycles. The van der Waals surface area contributed by atoms with E-state index in [0.717, 1.165) is 13.2 Å². The Kier molecular flexibility index (Phi) is 3.38. The van der Waals surface area contributed by atoms with Crippen LogP contribution in [0.1, 0.15) is 25.5 Å². The fourth-order valence-corrected chi connectivity index (χ4v) is 1.95. The molecule has 2 unspecified atom stereocenters. The number of hydrogen-bond acceptors (Lipinski definition) is 3. The molecule has 4 nitrogen and oxygen atoms in total. The third-order valence-electron chi connectivity index (χ3n) is 3.04. The molecule has 15 heavy (non-hydrogen) atoms. The van der Waals surface area contributed by atoms with E-state index in [-0.39, 0.29) is 0 Å². The maximum Gasteiger partial charge on any atom is 0.0945 e. The van der Waals surface area contributed by atoms with Gasteiger partial charge in [-0.2, -0.15) is 0 Å². The molecule has 1 aromatic rings. The summed E-state index contributed by atoms with van der Waals surface area (Å²) in [5.41, 5.74) is 1.21. The number of nitrogens with one attached hydrogen (secondary N) is 1. The number of aryl methyl sites for hydroxylation is 1. The number of ether oxygens (including phenoxy) is 1. The molecule has 2 heterocycles. The first-order valence-corrected chi connectivity index (χ1v) is 5.57. The van der Waals surface area contributed by atoms with E-state index in [0.29, 0.717) is 12.1 Å². The molecule has 0 bridgehead atoms. The lowest BCUT2D eigenvalue weighted by atomic mass is 10.1. The van der Waals surface area contributed by atoms with Gasteiger partial charge in [0.15, 0.2) is 0 Å². The second-order valence-corrected chi connectivity index (χ2v) is 4.22. The number of imidazole rings is 1. The number of hydrogen-bond donors (Lipinski definition) is 1. The monoisotopic (exact) mass is 209 g/mol. The lowest BCUT2D eigenvalue weighted by Crippen LogP contribution is -2.36. The van der Waals surface area contributed by atoms with Crippen LogP contribution in [0.3, 0.4) is 0 Å². The first kappa shape index (κ1) is 10.6. The van der Waals surface area contributed by atoms with Gasteiger partial charge >= 0.3 is 0 Å². The minimum absolute atomic E-state index is 0.387. The molecule has 0 spiro atoms. The second kappa shape index (κ2) is 4.77. The van der Waals surface area contributed by atoms with Crippen molar-refractivity contribution in [1.82, 2.24) is 14.9 Å². The molecule has 1 aliphatic rings. The molecule has 2 atom stereocenters. The molecule has 0 amide bonds. The molecular formula is C11H19N3O. The topological polar surface area (TPSA) is 39.1 Å². The van der Waals surface area contributed by atoms with E-state index < -0.39 is 0 Å². The smallest absolute Gasteiger partial charge is 0.0945 e. The van der Waals surface area contributed by atoms with E-state index >= 15 is 0 Å². The van der Waals surface area contributed by atoms with Crippen molar-refractivity contribution in [3.8, 4) is 0 Å². The Bertz CT molecular complexity index is 305. The maximum absolute atomic E-state index is 5.63. The minimum atomic E-state index is 0.387. The average molecular weight is 209 g/mol. The van der Waals surface area contributed by atoms with Gasteiger partial charge in [-0.1, -0.05) is 0 Å². The lowest BCUT2D eigenvalue weighted by Gasteiger charge is -2.19. The van der Waals surface area contributed by atoms with Crippen LogP contribution >= 0.6 is 0 Å². The largest absolute Gasteiger partial charge is 0.377 e. The van der Waals surface area contributed by atoms with Crippen LogP contribution in [0, 0.1) is 0 Å². The molecular weight excluding hydrogens is 190 g/mol. The molecule has 0 radical (unpaired) electrons. The summed E-state index contributed by atoms with van der Waals surface area (Å²) in [5, 5.41) is 3.48. The minimum Gasteiger partial charge on any atom is -0.377 e. The zero-order valence-electron chi connectivity index (χ0n) is 9.44. The summed E-state index contributed by atoms with van der Waals surface area (Å²) in [7, 11) is 2.01. The third kappa shape index (κ3) is 2.58. The van der Waals surface area contributed by atoms with E-state index in [4.69, 9.17) is 4.74 Å². The number of aromatic nitrogens is 2. The Morgan fingerprint density at radius 2 is 2.60 bits per heavy atom. The maximum atomic E-state index is 5.63. The van der Waals surface area contributed by atoms with E-state index in [1.165, 1.54) is 18.5 Å². The fourth-order valence-electron chi connectivity index (χ4n) is 1.95. The van der Waals surface area contributed by atoms with Crippen LogP contribution in [0.2, 0.25) is 0 Å². The highest BCUT2D eigenvalue weighted by Crippen LogP contribution is 2.15. The van der Waals surface area contributed by atoms with Gasteiger partial charge in [-0.3, -0.25) is 0 Å². The first-order chi connectivity index (χ1) is 7.27. The molecule has 2 rings (SSSR count). The summed E-state index contributed by atoms with van der Waals surface area (Å²) in [6, 6.07) is 0.419. The van der Waals surface area contributed by atoms with Gasteiger partial charge in [0.05, 0.1) is 18.1 Å². The van der Waals surface area contributed by atoms with Crippen LogP contribution in [0.25, 0.3) is 0 Å². The van der Waals surface area contributed by atoms with Crippen LogP contribution in [0.5, 0.6) is 0 Å². The van der Waals surface area contributed by atoms with Crippen molar-refractivity contribution in [3.05, 3.63) is 18.2 Å². The van der Waals surface area contributed by atoms with Crippen LogP contribution in [-0.2, 0) is 18.3 Å². The highest BCUT2D eigenvalue weighted by molar-refractivity contribution is 4.97. The van der Waals surface area contributed by atoms with Gasteiger partial charge in [-0.15, -0.1) is 0 Å². The highest BCUT2D eigenvalue weighted by atomic mass is 16.5. The Labute approximate surface area is 90.6 Å². The van der Waals surface area contributed by atoms with Crippen molar-refractivity contribution in [2.75, 3.05) is 6.61 Å². The molecule has 1 aromatic heterocycles.